The van der Waals surface area contributed by atoms with Crippen molar-refractivity contribution in [1.29, 1.82) is 0 Å². The van der Waals surface area contributed by atoms with Crippen LogP contribution >= 0.6 is 24.2 Å². The Morgan fingerprint density at radius 3 is 2.29 bits per heavy atom. The van der Waals surface area contributed by atoms with Gasteiger partial charge in [-0.2, -0.15) is 0 Å². The summed E-state index contributed by atoms with van der Waals surface area (Å²) in [6.45, 7) is 5.33. The van der Waals surface area contributed by atoms with Crippen LogP contribution < -0.4 is 0 Å². The topological polar surface area (TPSA) is 0 Å². The van der Waals surface area contributed by atoms with E-state index >= 15 is 0 Å². The fourth-order valence-corrected chi connectivity index (χ4v) is 0.296. The minimum atomic E-state index is 0.614. The van der Waals surface area contributed by atoms with Crippen molar-refractivity contribution in [2.75, 3.05) is 0 Å². The summed E-state index contributed by atoms with van der Waals surface area (Å²) < 4.78 is 0. The van der Waals surface area contributed by atoms with Crippen LogP contribution in [0.3, 0.4) is 0 Å². The van der Waals surface area contributed by atoms with Crippen LogP contribution in [-0.4, -0.2) is 0 Å². The van der Waals surface area contributed by atoms with E-state index in [4.69, 9.17) is 11.6 Å². The minimum absolute atomic E-state index is 0.614. The highest BCUT2D eigenvalue weighted by Gasteiger charge is 1.86. The standard InChI is InChI=1S/C5H7ClS/c1-3-5(6)4(2)7/h3,7H,2H2,1H3/b5-3+. The van der Waals surface area contributed by atoms with E-state index in [0.717, 1.165) is 0 Å². The molecule has 0 aliphatic heterocycles. The molecule has 40 valence electrons. The van der Waals surface area contributed by atoms with E-state index in [1.54, 1.807) is 6.08 Å². The van der Waals surface area contributed by atoms with Crippen molar-refractivity contribution in [3.05, 3.63) is 22.6 Å². The van der Waals surface area contributed by atoms with E-state index in [9.17, 15) is 0 Å². The molecule has 0 aromatic rings. The Morgan fingerprint density at radius 2 is 2.29 bits per heavy atom. The number of hydrogen-bond donors (Lipinski definition) is 1. The zero-order valence-electron chi connectivity index (χ0n) is 4.11. The van der Waals surface area contributed by atoms with E-state index in [1.165, 1.54) is 0 Å². The van der Waals surface area contributed by atoms with Crippen LogP contribution in [0.2, 0.25) is 0 Å². The maximum atomic E-state index is 5.49. The Kier molecular flexibility index (Phi) is 3.22. The normalized spacial score (nSPS) is 11.6. The summed E-state index contributed by atoms with van der Waals surface area (Å²) in [7, 11) is 0. The van der Waals surface area contributed by atoms with Crippen LogP contribution in [0, 0.1) is 0 Å². The maximum absolute atomic E-state index is 5.49. The van der Waals surface area contributed by atoms with Gasteiger partial charge in [-0.1, -0.05) is 24.3 Å². The Morgan fingerprint density at radius 1 is 1.86 bits per heavy atom. The first-order chi connectivity index (χ1) is 3.18. The molecule has 0 aromatic heterocycles. The molecule has 0 saturated heterocycles. The van der Waals surface area contributed by atoms with Gasteiger partial charge < -0.3 is 0 Å². The van der Waals surface area contributed by atoms with Gasteiger partial charge in [-0.15, -0.1) is 12.6 Å². The van der Waals surface area contributed by atoms with Crippen molar-refractivity contribution in [3.8, 4) is 0 Å². The quantitative estimate of drug-likeness (QED) is 0.414. The van der Waals surface area contributed by atoms with Gasteiger partial charge >= 0.3 is 0 Å². The van der Waals surface area contributed by atoms with Gasteiger partial charge in [-0.05, 0) is 6.92 Å². The second-order valence-corrected chi connectivity index (χ2v) is 2.03. The van der Waals surface area contributed by atoms with Crippen LogP contribution in [0.25, 0.3) is 0 Å². The smallest absolute Gasteiger partial charge is 0.0490 e. The van der Waals surface area contributed by atoms with E-state index in [-0.39, 0.29) is 0 Å². The van der Waals surface area contributed by atoms with Crippen LogP contribution in [0.1, 0.15) is 6.92 Å². The summed E-state index contributed by atoms with van der Waals surface area (Å²) in [6, 6.07) is 0. The van der Waals surface area contributed by atoms with Crippen molar-refractivity contribution < 1.29 is 0 Å². The lowest BCUT2D eigenvalue weighted by molar-refractivity contribution is 1.69. The van der Waals surface area contributed by atoms with Crippen LogP contribution in [0.15, 0.2) is 22.6 Å². The van der Waals surface area contributed by atoms with E-state index in [0.29, 0.717) is 9.94 Å². The summed E-state index contributed by atoms with van der Waals surface area (Å²) >= 11 is 9.36. The lowest BCUT2D eigenvalue weighted by Gasteiger charge is -1.87. The number of thiol groups is 1. The fraction of sp³-hybridized carbons (Fsp3) is 0.200. The molecule has 0 aromatic carbocycles. The Hall–Kier alpha value is 0.120. The largest absolute Gasteiger partial charge is 0.143 e. The first-order valence-electron chi connectivity index (χ1n) is 1.88. The molecule has 0 nitrogen and oxygen atoms in total. The minimum Gasteiger partial charge on any atom is -0.143 e. The Labute approximate surface area is 54.3 Å². The average Bonchev–Trinajstić information content (AvgIpc) is 1.65. The lowest BCUT2D eigenvalue weighted by Crippen LogP contribution is -1.63. The molecule has 0 unspecified atom stereocenters. The first kappa shape index (κ1) is 7.12. The number of rotatable bonds is 1. The highest BCUT2D eigenvalue weighted by molar-refractivity contribution is 7.84. The Bertz CT molecular complexity index is 105. The highest BCUT2D eigenvalue weighted by atomic mass is 35.5. The predicted octanol–water partition coefficient (Wildman–Crippen LogP) is 2.57. The van der Waals surface area contributed by atoms with Crippen LogP contribution in [-0.2, 0) is 0 Å². The molecule has 0 amide bonds. The van der Waals surface area contributed by atoms with Gasteiger partial charge in [0.25, 0.3) is 0 Å². The van der Waals surface area contributed by atoms with Gasteiger partial charge in [0.15, 0.2) is 0 Å². The van der Waals surface area contributed by atoms with Gasteiger partial charge in [0.05, 0.1) is 0 Å². The third kappa shape index (κ3) is 2.77. The number of allylic oxidation sites excluding steroid dienone is 2. The summed E-state index contributed by atoms with van der Waals surface area (Å²) in [5.41, 5.74) is 0. The molecular weight excluding hydrogens is 128 g/mol. The molecule has 0 heterocycles. The van der Waals surface area contributed by atoms with E-state index in [1.807, 2.05) is 6.92 Å². The highest BCUT2D eigenvalue weighted by Crippen LogP contribution is 2.14. The monoisotopic (exact) mass is 134 g/mol. The number of halogens is 1. The molecule has 7 heavy (non-hydrogen) atoms. The summed E-state index contributed by atoms with van der Waals surface area (Å²) in [6.07, 6.45) is 1.75. The molecule has 0 atom stereocenters. The maximum Gasteiger partial charge on any atom is 0.0490 e. The van der Waals surface area contributed by atoms with Gasteiger partial charge in [0, 0.05) is 9.94 Å². The molecule has 0 aliphatic rings. The number of hydrogen-bond acceptors (Lipinski definition) is 1. The van der Waals surface area contributed by atoms with Crippen LogP contribution in [0.5, 0.6) is 0 Å². The molecule has 0 spiro atoms. The van der Waals surface area contributed by atoms with E-state index in [2.05, 4.69) is 19.2 Å². The zero-order chi connectivity index (χ0) is 5.86. The van der Waals surface area contributed by atoms with E-state index < -0.39 is 0 Å². The molecular formula is C5H7ClS. The molecule has 0 N–H and O–H groups in total. The fourth-order valence-electron chi connectivity index (χ4n) is 0.167. The second kappa shape index (κ2) is 3.16. The average molecular weight is 135 g/mol. The third-order valence-electron chi connectivity index (χ3n) is 0.529. The third-order valence-corrected chi connectivity index (χ3v) is 1.35. The molecule has 0 aliphatic carbocycles. The second-order valence-electron chi connectivity index (χ2n) is 1.08. The van der Waals surface area contributed by atoms with Crippen molar-refractivity contribution >= 4 is 24.2 Å². The lowest BCUT2D eigenvalue weighted by atomic mass is 10.5. The Balaban J connectivity index is 3.82. The van der Waals surface area contributed by atoms with Gasteiger partial charge in [-0.3, -0.25) is 0 Å². The molecule has 2 heteroatoms. The SMILES string of the molecule is C=C(S)/C(Cl)=C\C. The van der Waals surface area contributed by atoms with Crippen molar-refractivity contribution in [2.45, 2.75) is 6.92 Å². The first-order valence-corrected chi connectivity index (χ1v) is 2.71. The van der Waals surface area contributed by atoms with Crippen LogP contribution in [0.4, 0.5) is 0 Å². The van der Waals surface area contributed by atoms with Gasteiger partial charge in [0.1, 0.15) is 0 Å². The van der Waals surface area contributed by atoms with Crippen molar-refractivity contribution in [2.24, 2.45) is 0 Å². The van der Waals surface area contributed by atoms with Crippen molar-refractivity contribution in [1.82, 2.24) is 0 Å². The summed E-state index contributed by atoms with van der Waals surface area (Å²) in [5.74, 6) is 0. The van der Waals surface area contributed by atoms with Gasteiger partial charge in [0.2, 0.25) is 0 Å². The molecule has 0 fully saturated rings. The molecule has 0 bridgehead atoms. The summed E-state index contributed by atoms with van der Waals surface area (Å²) in [4.78, 5) is 0.615. The summed E-state index contributed by atoms with van der Waals surface area (Å²) in [5, 5.41) is 0.614. The molecule has 0 rings (SSSR count). The molecule has 0 radical (unpaired) electrons. The zero-order valence-corrected chi connectivity index (χ0v) is 5.76. The van der Waals surface area contributed by atoms with Gasteiger partial charge in [-0.25, -0.2) is 0 Å². The van der Waals surface area contributed by atoms with Crippen molar-refractivity contribution in [3.63, 3.8) is 0 Å². The molecule has 0 saturated carbocycles. The predicted molar refractivity (Wildman–Crippen MR) is 37.7 cm³/mol.